The van der Waals surface area contributed by atoms with Gasteiger partial charge in [-0.15, -0.1) is 0 Å². The Hall–Kier alpha value is -2.48. The van der Waals surface area contributed by atoms with Gasteiger partial charge in [0.05, 0.1) is 24.5 Å². The van der Waals surface area contributed by atoms with Crippen LogP contribution in [0.1, 0.15) is 11.3 Å². The molecule has 1 aliphatic heterocycles. The minimum Gasteiger partial charge on any atom is -0.300 e. The van der Waals surface area contributed by atoms with Crippen molar-refractivity contribution >= 4 is 0 Å². The van der Waals surface area contributed by atoms with E-state index in [0.717, 1.165) is 22.5 Å². The molecule has 0 spiro atoms. The van der Waals surface area contributed by atoms with Crippen molar-refractivity contribution in [1.82, 2.24) is 14.9 Å². The van der Waals surface area contributed by atoms with Gasteiger partial charge in [0, 0.05) is 11.1 Å². The average molecular weight is 239 g/mol. The summed E-state index contributed by atoms with van der Waals surface area (Å²) in [7, 11) is 0. The summed E-state index contributed by atoms with van der Waals surface area (Å²) in [5, 5.41) is 8.90. The first-order chi connectivity index (χ1) is 8.78. The second-order valence-electron chi connectivity index (χ2n) is 4.06. The summed E-state index contributed by atoms with van der Waals surface area (Å²) < 4.78 is 12.9. The average Bonchev–Trinajstić information content (AvgIpc) is 2.82. The first-order valence-corrected chi connectivity index (χ1v) is 5.44. The van der Waals surface area contributed by atoms with E-state index in [1.807, 2.05) is 0 Å². The molecule has 2 aromatic rings. The SMILES string of the molecule is N#CN1Cc2n[c]nc(-c3ccc(F)cc3)c2C1. The quantitative estimate of drug-likeness (QED) is 0.713. The van der Waals surface area contributed by atoms with Crippen LogP contribution in [0.15, 0.2) is 24.3 Å². The molecule has 0 unspecified atom stereocenters. The van der Waals surface area contributed by atoms with Crippen molar-refractivity contribution in [2.75, 3.05) is 0 Å². The number of hydrogen-bond donors (Lipinski definition) is 0. The molecule has 18 heavy (non-hydrogen) atoms. The van der Waals surface area contributed by atoms with E-state index in [4.69, 9.17) is 5.26 Å². The van der Waals surface area contributed by atoms with Crippen molar-refractivity contribution < 1.29 is 4.39 Å². The number of fused-ring (bicyclic) bond motifs is 1. The molecule has 0 aliphatic carbocycles. The second-order valence-corrected chi connectivity index (χ2v) is 4.06. The fourth-order valence-electron chi connectivity index (χ4n) is 2.05. The summed E-state index contributed by atoms with van der Waals surface area (Å²) in [6, 6.07) is 6.11. The lowest BCUT2D eigenvalue weighted by molar-refractivity contribution is 0.415. The maximum absolute atomic E-state index is 12.9. The predicted molar refractivity (Wildman–Crippen MR) is 61.1 cm³/mol. The molecule has 4 nitrogen and oxygen atoms in total. The number of rotatable bonds is 1. The Labute approximate surface area is 103 Å². The molecule has 1 radical (unpaired) electrons. The molecule has 0 bridgehead atoms. The van der Waals surface area contributed by atoms with Crippen LogP contribution in [-0.2, 0) is 13.1 Å². The van der Waals surface area contributed by atoms with Gasteiger partial charge in [-0.3, -0.25) is 0 Å². The summed E-state index contributed by atoms with van der Waals surface area (Å²) in [5.74, 6) is -0.285. The number of nitrogens with zero attached hydrogens (tertiary/aromatic N) is 4. The van der Waals surface area contributed by atoms with Crippen LogP contribution in [-0.4, -0.2) is 14.9 Å². The van der Waals surface area contributed by atoms with E-state index in [1.165, 1.54) is 12.1 Å². The molecular formula is C13H8FN4. The third kappa shape index (κ3) is 1.68. The highest BCUT2D eigenvalue weighted by atomic mass is 19.1. The molecule has 0 atom stereocenters. The lowest BCUT2D eigenvalue weighted by Crippen LogP contribution is -2.07. The number of hydrogen-bond acceptors (Lipinski definition) is 4. The fraction of sp³-hybridized carbons (Fsp3) is 0.154. The number of benzene rings is 1. The van der Waals surface area contributed by atoms with Gasteiger partial charge >= 0.3 is 0 Å². The first kappa shape index (κ1) is 10.7. The topological polar surface area (TPSA) is 52.8 Å². The van der Waals surface area contributed by atoms with Gasteiger partial charge in [0.25, 0.3) is 0 Å². The summed E-state index contributed by atoms with van der Waals surface area (Å²) in [4.78, 5) is 9.78. The van der Waals surface area contributed by atoms with E-state index in [-0.39, 0.29) is 5.82 Å². The Bertz CT molecular complexity index is 630. The van der Waals surface area contributed by atoms with Crippen LogP contribution in [0.25, 0.3) is 11.3 Å². The first-order valence-electron chi connectivity index (χ1n) is 5.44. The van der Waals surface area contributed by atoms with Crippen LogP contribution >= 0.6 is 0 Å². The van der Waals surface area contributed by atoms with Crippen molar-refractivity contribution in [2.24, 2.45) is 0 Å². The highest BCUT2D eigenvalue weighted by molar-refractivity contribution is 5.64. The largest absolute Gasteiger partial charge is 0.300 e. The normalized spacial score (nSPS) is 13.2. The Balaban J connectivity index is 2.08. The van der Waals surface area contributed by atoms with Crippen molar-refractivity contribution in [1.29, 1.82) is 5.26 Å². The number of halogens is 1. The van der Waals surface area contributed by atoms with E-state index in [2.05, 4.69) is 22.5 Å². The van der Waals surface area contributed by atoms with Gasteiger partial charge in [-0.25, -0.2) is 14.4 Å². The number of nitriles is 1. The molecular weight excluding hydrogens is 231 g/mol. The van der Waals surface area contributed by atoms with Crippen molar-refractivity contribution in [3.05, 3.63) is 47.7 Å². The molecule has 0 saturated heterocycles. The van der Waals surface area contributed by atoms with Crippen LogP contribution in [0.4, 0.5) is 4.39 Å². The zero-order valence-corrected chi connectivity index (χ0v) is 9.39. The molecule has 87 valence electrons. The van der Waals surface area contributed by atoms with Crippen LogP contribution < -0.4 is 0 Å². The number of aromatic nitrogens is 2. The van der Waals surface area contributed by atoms with Crippen LogP contribution in [0, 0.1) is 23.6 Å². The molecule has 2 heterocycles. The van der Waals surface area contributed by atoms with Gasteiger partial charge in [0.1, 0.15) is 5.82 Å². The van der Waals surface area contributed by atoms with E-state index < -0.39 is 0 Å². The molecule has 0 saturated carbocycles. The van der Waals surface area contributed by atoms with Gasteiger partial charge < -0.3 is 4.90 Å². The van der Waals surface area contributed by atoms with Crippen LogP contribution in [0.5, 0.6) is 0 Å². The zero-order valence-electron chi connectivity index (χ0n) is 9.39. The molecule has 0 amide bonds. The maximum atomic E-state index is 12.9. The van der Waals surface area contributed by atoms with E-state index in [0.29, 0.717) is 13.1 Å². The maximum Gasteiger partial charge on any atom is 0.198 e. The zero-order chi connectivity index (χ0) is 12.5. The summed E-state index contributed by atoms with van der Waals surface area (Å²) >= 11 is 0. The third-order valence-electron chi connectivity index (χ3n) is 2.93. The monoisotopic (exact) mass is 239 g/mol. The van der Waals surface area contributed by atoms with Crippen molar-refractivity contribution in [2.45, 2.75) is 13.1 Å². The Morgan fingerprint density at radius 2 is 2.00 bits per heavy atom. The highest BCUT2D eigenvalue weighted by Gasteiger charge is 2.23. The lowest BCUT2D eigenvalue weighted by Gasteiger charge is -2.05. The third-order valence-corrected chi connectivity index (χ3v) is 2.93. The summed E-state index contributed by atoms with van der Waals surface area (Å²) in [6.07, 6.45) is 4.68. The van der Waals surface area contributed by atoms with Crippen LogP contribution in [0.3, 0.4) is 0 Å². The van der Waals surface area contributed by atoms with Crippen molar-refractivity contribution in [3.63, 3.8) is 0 Å². The lowest BCUT2D eigenvalue weighted by atomic mass is 10.1. The second kappa shape index (κ2) is 4.08. The Morgan fingerprint density at radius 3 is 2.72 bits per heavy atom. The minimum absolute atomic E-state index is 0.285. The Kier molecular flexibility index (Phi) is 2.41. The van der Waals surface area contributed by atoms with E-state index >= 15 is 0 Å². The van der Waals surface area contributed by atoms with Gasteiger partial charge in [0.15, 0.2) is 12.5 Å². The molecule has 0 N–H and O–H groups in total. The highest BCUT2D eigenvalue weighted by Crippen LogP contribution is 2.29. The van der Waals surface area contributed by atoms with Gasteiger partial charge in [-0.1, -0.05) is 0 Å². The molecule has 1 aromatic carbocycles. The fourth-order valence-corrected chi connectivity index (χ4v) is 2.05. The predicted octanol–water partition coefficient (Wildman–Crippen LogP) is 1.88. The van der Waals surface area contributed by atoms with Crippen molar-refractivity contribution in [3.8, 4) is 17.5 Å². The smallest absolute Gasteiger partial charge is 0.198 e. The van der Waals surface area contributed by atoms with Gasteiger partial charge in [-0.2, -0.15) is 5.26 Å². The molecule has 1 aliphatic rings. The summed E-state index contributed by atoms with van der Waals surface area (Å²) in [5.41, 5.74) is 3.26. The standard InChI is InChI=1S/C13H8FN4/c14-10-3-1-9(2-4-10)13-11-5-18(7-15)6-12(11)16-8-17-13/h1-4H,5-6H2. The van der Waals surface area contributed by atoms with Gasteiger partial charge in [0.2, 0.25) is 0 Å². The van der Waals surface area contributed by atoms with E-state index in [9.17, 15) is 4.39 Å². The van der Waals surface area contributed by atoms with Gasteiger partial charge in [-0.05, 0) is 24.3 Å². The van der Waals surface area contributed by atoms with Crippen LogP contribution in [0.2, 0.25) is 0 Å². The molecule has 5 heteroatoms. The Morgan fingerprint density at radius 1 is 1.22 bits per heavy atom. The molecule has 0 fully saturated rings. The molecule has 1 aromatic heterocycles. The summed E-state index contributed by atoms with van der Waals surface area (Å²) in [6.45, 7) is 0.978. The molecule has 3 rings (SSSR count). The van der Waals surface area contributed by atoms with E-state index in [1.54, 1.807) is 17.0 Å². The minimum atomic E-state index is -0.285.